The van der Waals surface area contributed by atoms with Crippen molar-refractivity contribution in [3.63, 3.8) is 0 Å². The molecular weight excluding hydrogens is 464 g/mol. The Morgan fingerprint density at radius 1 is 1.26 bits per heavy atom. The molecule has 3 fully saturated rings. The van der Waals surface area contributed by atoms with E-state index in [1.54, 1.807) is 27.6 Å². The lowest BCUT2D eigenvalue weighted by Gasteiger charge is -2.37. The largest absolute Gasteiger partial charge is 0.481 e. The first-order chi connectivity index (χ1) is 16.8. The van der Waals surface area contributed by atoms with Gasteiger partial charge in [-0.05, 0) is 56.7 Å². The Bertz CT molecular complexity index is 1010. The molecule has 8 heteroatoms. The van der Waals surface area contributed by atoms with Crippen LogP contribution in [0.2, 0.25) is 0 Å². The van der Waals surface area contributed by atoms with Crippen LogP contribution in [0.5, 0.6) is 0 Å². The van der Waals surface area contributed by atoms with Crippen molar-refractivity contribution in [1.82, 2.24) is 4.90 Å². The second kappa shape index (κ2) is 10.3. The zero-order valence-electron chi connectivity index (χ0n) is 20.6. The molecule has 35 heavy (non-hydrogen) atoms. The van der Waals surface area contributed by atoms with E-state index in [4.69, 9.17) is 5.11 Å². The molecule has 4 rings (SSSR count). The summed E-state index contributed by atoms with van der Waals surface area (Å²) >= 11 is 1.57. The molecule has 3 aliphatic rings. The van der Waals surface area contributed by atoms with E-state index in [0.717, 1.165) is 36.1 Å². The van der Waals surface area contributed by atoms with E-state index in [-0.39, 0.29) is 23.7 Å². The SMILES string of the molecule is C=CCN(C(=O)C1N(CCCCCCO)C(=O)[C@@H]2[C@H](C(=O)O)[C@@H]3CCC12S3)c1cc(C)ccc1C. The standard InChI is InChI=1S/C27H36N2O5S/c1-4-13-28(19-16-17(2)9-10-18(19)3)25(32)23-27-12-11-20(35-27)21(26(33)34)22(27)24(31)29(23)14-7-5-6-8-15-30/h4,9-10,16,20-23,30H,1,5-8,11-15H2,2-3H3,(H,33,34)/t20-,21+,22-,23?,27?/m0/s1. The first-order valence-corrected chi connectivity index (χ1v) is 13.5. The maximum absolute atomic E-state index is 14.4. The van der Waals surface area contributed by atoms with Gasteiger partial charge in [-0.25, -0.2) is 0 Å². The maximum atomic E-state index is 14.4. The smallest absolute Gasteiger partial charge is 0.308 e. The number of rotatable bonds is 11. The van der Waals surface area contributed by atoms with E-state index in [2.05, 4.69) is 6.58 Å². The highest BCUT2D eigenvalue weighted by atomic mass is 32.2. The average Bonchev–Trinajstić information content (AvgIpc) is 3.46. The predicted octanol–water partition coefficient (Wildman–Crippen LogP) is 3.55. The number of carbonyl (C=O) groups excluding carboxylic acids is 2. The zero-order chi connectivity index (χ0) is 25.3. The molecule has 7 nitrogen and oxygen atoms in total. The number of hydrogen-bond donors (Lipinski definition) is 2. The van der Waals surface area contributed by atoms with Crippen LogP contribution in [-0.2, 0) is 14.4 Å². The fourth-order valence-corrected chi connectivity index (χ4v) is 8.50. The van der Waals surface area contributed by atoms with Gasteiger partial charge >= 0.3 is 5.97 Å². The van der Waals surface area contributed by atoms with Gasteiger partial charge in [-0.2, -0.15) is 0 Å². The average molecular weight is 501 g/mol. The molecular formula is C27H36N2O5S. The molecule has 2 N–H and O–H groups in total. The number of thioether (sulfide) groups is 1. The van der Waals surface area contributed by atoms with E-state index < -0.39 is 28.6 Å². The van der Waals surface area contributed by atoms with Crippen molar-refractivity contribution in [2.45, 2.75) is 68.4 Å². The van der Waals surface area contributed by atoms with Gasteiger partial charge in [0.05, 0.1) is 16.6 Å². The molecule has 3 aliphatic heterocycles. The zero-order valence-corrected chi connectivity index (χ0v) is 21.4. The lowest BCUT2D eigenvalue weighted by atomic mass is 9.71. The maximum Gasteiger partial charge on any atom is 0.308 e. The number of carbonyl (C=O) groups is 3. The lowest BCUT2D eigenvalue weighted by molar-refractivity contribution is -0.148. The monoisotopic (exact) mass is 500 g/mol. The number of nitrogens with zero attached hydrogens (tertiary/aromatic N) is 2. The van der Waals surface area contributed by atoms with Crippen molar-refractivity contribution in [3.05, 3.63) is 42.0 Å². The number of aliphatic carboxylic acids is 1. The molecule has 1 aromatic carbocycles. The Labute approximate surface area is 211 Å². The number of amides is 2. The van der Waals surface area contributed by atoms with Crippen LogP contribution < -0.4 is 4.90 Å². The fourth-order valence-electron chi connectivity index (χ4n) is 6.30. The molecule has 3 saturated heterocycles. The van der Waals surface area contributed by atoms with Crippen LogP contribution in [0.4, 0.5) is 5.69 Å². The quantitative estimate of drug-likeness (QED) is 0.356. The number of likely N-dealkylation sites (tertiary alicyclic amines) is 1. The first-order valence-electron chi connectivity index (χ1n) is 12.6. The number of benzene rings is 1. The fraction of sp³-hybridized carbons (Fsp3) is 0.593. The van der Waals surface area contributed by atoms with Crippen LogP contribution in [-0.4, -0.2) is 68.6 Å². The number of anilines is 1. The van der Waals surface area contributed by atoms with Crippen LogP contribution in [0.15, 0.2) is 30.9 Å². The van der Waals surface area contributed by atoms with Gasteiger partial charge in [-0.1, -0.05) is 31.1 Å². The number of aliphatic hydroxyl groups is 1. The molecule has 1 aromatic rings. The number of hydrogen-bond acceptors (Lipinski definition) is 5. The van der Waals surface area contributed by atoms with Crippen molar-refractivity contribution < 1.29 is 24.6 Å². The van der Waals surface area contributed by atoms with Gasteiger partial charge in [-0.3, -0.25) is 14.4 Å². The number of unbranched alkanes of at least 4 members (excludes halogenated alkanes) is 3. The molecule has 1 spiro atoms. The van der Waals surface area contributed by atoms with E-state index in [0.29, 0.717) is 32.4 Å². The van der Waals surface area contributed by atoms with Gasteiger partial charge < -0.3 is 20.0 Å². The van der Waals surface area contributed by atoms with Crippen LogP contribution >= 0.6 is 11.8 Å². The van der Waals surface area contributed by atoms with Gasteiger partial charge in [0.2, 0.25) is 5.91 Å². The van der Waals surface area contributed by atoms with E-state index in [1.807, 2.05) is 32.0 Å². The Morgan fingerprint density at radius 3 is 2.69 bits per heavy atom. The Morgan fingerprint density at radius 2 is 2.00 bits per heavy atom. The van der Waals surface area contributed by atoms with Gasteiger partial charge in [0, 0.05) is 30.6 Å². The molecule has 0 aromatic heterocycles. The summed E-state index contributed by atoms with van der Waals surface area (Å²) in [5.74, 6) is -2.68. The molecule has 190 valence electrons. The summed E-state index contributed by atoms with van der Waals surface area (Å²) in [6, 6.07) is 5.29. The van der Waals surface area contributed by atoms with Crippen molar-refractivity contribution >= 4 is 35.2 Å². The highest BCUT2D eigenvalue weighted by Crippen LogP contribution is 2.66. The number of carboxylic acid groups (broad SMARTS) is 1. The van der Waals surface area contributed by atoms with Crippen LogP contribution in [0, 0.1) is 25.7 Å². The molecule has 0 aliphatic carbocycles. The molecule has 5 atom stereocenters. The molecule has 0 saturated carbocycles. The van der Waals surface area contributed by atoms with Crippen molar-refractivity contribution in [2.24, 2.45) is 11.8 Å². The van der Waals surface area contributed by atoms with Crippen LogP contribution in [0.3, 0.4) is 0 Å². The Hall–Kier alpha value is -2.32. The summed E-state index contributed by atoms with van der Waals surface area (Å²) in [7, 11) is 0. The number of fused-ring (bicyclic) bond motifs is 1. The number of aryl methyl sites for hydroxylation is 2. The summed E-state index contributed by atoms with van der Waals surface area (Å²) in [5, 5.41) is 19.0. The number of aliphatic hydroxyl groups excluding tert-OH is 1. The predicted molar refractivity (Wildman–Crippen MR) is 137 cm³/mol. The lowest BCUT2D eigenvalue weighted by Crippen LogP contribution is -2.55. The minimum absolute atomic E-state index is 0.128. The van der Waals surface area contributed by atoms with E-state index in [1.165, 1.54) is 0 Å². The minimum atomic E-state index is -0.934. The Kier molecular flexibility index (Phi) is 7.62. The van der Waals surface area contributed by atoms with E-state index in [9.17, 15) is 19.5 Å². The third-order valence-corrected chi connectivity index (χ3v) is 9.81. The normalized spacial score (nSPS) is 28.9. The summed E-state index contributed by atoms with van der Waals surface area (Å²) in [5.41, 5.74) is 2.80. The summed E-state index contributed by atoms with van der Waals surface area (Å²) < 4.78 is -0.704. The van der Waals surface area contributed by atoms with Crippen molar-refractivity contribution in [3.8, 4) is 0 Å². The first kappa shape index (κ1) is 25.8. The van der Waals surface area contributed by atoms with Crippen LogP contribution in [0.25, 0.3) is 0 Å². The van der Waals surface area contributed by atoms with Crippen LogP contribution in [0.1, 0.15) is 49.7 Å². The second-order valence-corrected chi connectivity index (χ2v) is 11.7. The second-order valence-electron chi connectivity index (χ2n) is 10.1. The van der Waals surface area contributed by atoms with Gasteiger partial charge in [0.15, 0.2) is 0 Å². The van der Waals surface area contributed by atoms with Gasteiger partial charge in [0.1, 0.15) is 6.04 Å². The summed E-state index contributed by atoms with van der Waals surface area (Å²) in [6.07, 6.45) is 6.21. The topological polar surface area (TPSA) is 98.2 Å². The van der Waals surface area contributed by atoms with Gasteiger partial charge in [-0.15, -0.1) is 18.3 Å². The number of carboxylic acids is 1. The van der Waals surface area contributed by atoms with Gasteiger partial charge in [0.25, 0.3) is 5.91 Å². The highest BCUT2D eigenvalue weighted by molar-refractivity contribution is 8.02. The molecule has 2 amide bonds. The summed E-state index contributed by atoms with van der Waals surface area (Å²) in [6.45, 7) is 8.69. The molecule has 3 heterocycles. The minimum Gasteiger partial charge on any atom is -0.481 e. The van der Waals surface area contributed by atoms with E-state index >= 15 is 0 Å². The third-order valence-electron chi connectivity index (χ3n) is 7.86. The molecule has 0 radical (unpaired) electrons. The third kappa shape index (κ3) is 4.40. The molecule has 2 unspecified atom stereocenters. The Balaban J connectivity index is 1.72. The highest BCUT2D eigenvalue weighted by Gasteiger charge is 2.74. The summed E-state index contributed by atoms with van der Waals surface area (Å²) in [4.78, 5) is 43.8. The van der Waals surface area contributed by atoms with Crippen molar-refractivity contribution in [1.29, 1.82) is 0 Å². The van der Waals surface area contributed by atoms with Crippen molar-refractivity contribution in [2.75, 3.05) is 24.6 Å². The molecule has 2 bridgehead atoms.